The molecule has 0 aliphatic rings. The lowest BCUT2D eigenvalue weighted by molar-refractivity contribution is -0.422. The van der Waals surface area contributed by atoms with Crippen LogP contribution in [0.2, 0.25) is 0 Å². The van der Waals surface area contributed by atoms with E-state index >= 15 is 0 Å². The topological polar surface area (TPSA) is 52.4 Å². The smallest absolute Gasteiger partial charge is 0.387 e. The van der Waals surface area contributed by atoms with Crippen molar-refractivity contribution in [1.29, 1.82) is 0 Å². The van der Waals surface area contributed by atoms with Gasteiger partial charge in [-0.3, -0.25) is 10.1 Å². The lowest BCUT2D eigenvalue weighted by Gasteiger charge is -2.03. The number of hydrogen-bond acceptors (Lipinski definition) is 3. The molecule has 0 spiro atoms. The molecule has 0 fully saturated rings. The largest absolute Gasteiger partial charge is 0.435 e. The van der Waals surface area contributed by atoms with Gasteiger partial charge >= 0.3 is 6.61 Å². The summed E-state index contributed by atoms with van der Waals surface area (Å²) in [5, 5.41) is 10.3. The summed E-state index contributed by atoms with van der Waals surface area (Å²) in [6.07, 6.45) is 1.34. The summed E-state index contributed by atoms with van der Waals surface area (Å²) in [4.78, 5) is 9.81. The fourth-order valence-corrected chi connectivity index (χ4v) is 1.04. The molecule has 0 saturated carbocycles. The van der Waals surface area contributed by atoms with Crippen LogP contribution in [0.1, 0.15) is 12.5 Å². The SMILES string of the molecule is CC(=Cc1ccc(OC(F)F)cc1)[N+](=O)[O-]. The molecule has 0 aliphatic carbocycles. The van der Waals surface area contributed by atoms with Crippen molar-refractivity contribution < 1.29 is 18.4 Å². The van der Waals surface area contributed by atoms with Crippen LogP contribution in [-0.4, -0.2) is 11.5 Å². The van der Waals surface area contributed by atoms with Crippen LogP contribution >= 0.6 is 0 Å². The Labute approximate surface area is 90.3 Å². The number of rotatable bonds is 4. The van der Waals surface area contributed by atoms with Crippen LogP contribution in [0.3, 0.4) is 0 Å². The van der Waals surface area contributed by atoms with Gasteiger partial charge in [-0.2, -0.15) is 8.78 Å². The minimum Gasteiger partial charge on any atom is -0.435 e. The number of alkyl halides is 2. The fraction of sp³-hybridized carbons (Fsp3) is 0.200. The lowest BCUT2D eigenvalue weighted by atomic mass is 10.2. The van der Waals surface area contributed by atoms with Crippen LogP contribution in [0, 0.1) is 10.1 Å². The first kappa shape index (κ1) is 12.1. The van der Waals surface area contributed by atoms with Crippen LogP contribution in [0.5, 0.6) is 5.75 Å². The Hall–Kier alpha value is -1.98. The van der Waals surface area contributed by atoms with E-state index in [1.165, 1.54) is 37.3 Å². The number of allylic oxidation sites excluding steroid dienone is 1. The van der Waals surface area contributed by atoms with E-state index in [-0.39, 0.29) is 11.4 Å². The van der Waals surface area contributed by atoms with Gasteiger partial charge in [-0.1, -0.05) is 12.1 Å². The van der Waals surface area contributed by atoms with E-state index in [1.54, 1.807) is 0 Å². The molecule has 0 bridgehead atoms. The number of hydrogen-bond donors (Lipinski definition) is 0. The molecule has 0 unspecified atom stereocenters. The summed E-state index contributed by atoms with van der Waals surface area (Å²) >= 11 is 0. The Balaban J connectivity index is 2.79. The minimum absolute atomic E-state index is 0.0194. The lowest BCUT2D eigenvalue weighted by Crippen LogP contribution is -2.01. The van der Waals surface area contributed by atoms with Crippen LogP contribution in [-0.2, 0) is 0 Å². The second-order valence-electron chi connectivity index (χ2n) is 2.99. The van der Waals surface area contributed by atoms with Gasteiger partial charge in [-0.05, 0) is 17.7 Å². The zero-order chi connectivity index (χ0) is 12.1. The molecule has 0 amide bonds. The van der Waals surface area contributed by atoms with Gasteiger partial charge in [0.15, 0.2) is 0 Å². The van der Waals surface area contributed by atoms with Crippen molar-refractivity contribution in [1.82, 2.24) is 0 Å². The molecule has 86 valence electrons. The van der Waals surface area contributed by atoms with Crippen LogP contribution < -0.4 is 4.74 Å². The van der Waals surface area contributed by atoms with E-state index in [1.807, 2.05) is 0 Å². The Morgan fingerprint density at radius 1 is 1.44 bits per heavy atom. The number of halogens is 2. The Bertz CT molecular complexity index is 401. The second kappa shape index (κ2) is 5.20. The predicted molar refractivity (Wildman–Crippen MR) is 53.7 cm³/mol. The summed E-state index contributed by atoms with van der Waals surface area (Å²) in [7, 11) is 0. The summed E-state index contributed by atoms with van der Waals surface area (Å²) in [5.74, 6) is 0.0194. The average Bonchev–Trinajstić information content (AvgIpc) is 2.20. The third-order valence-electron chi connectivity index (χ3n) is 1.77. The molecule has 0 aromatic heterocycles. The van der Waals surface area contributed by atoms with Gasteiger partial charge < -0.3 is 4.74 Å². The molecular formula is C10H9F2NO3. The summed E-state index contributed by atoms with van der Waals surface area (Å²) in [6.45, 7) is -1.52. The van der Waals surface area contributed by atoms with E-state index in [0.717, 1.165) is 0 Å². The van der Waals surface area contributed by atoms with E-state index < -0.39 is 11.5 Å². The number of nitro groups is 1. The monoisotopic (exact) mass is 229 g/mol. The van der Waals surface area contributed by atoms with E-state index in [0.29, 0.717) is 5.56 Å². The van der Waals surface area contributed by atoms with Crippen molar-refractivity contribution in [2.45, 2.75) is 13.5 Å². The summed E-state index contributed by atoms with van der Waals surface area (Å²) in [5.41, 5.74) is 0.526. The van der Waals surface area contributed by atoms with Gasteiger partial charge in [0.2, 0.25) is 5.70 Å². The van der Waals surface area contributed by atoms with Gasteiger partial charge in [0.1, 0.15) is 5.75 Å². The van der Waals surface area contributed by atoms with Crippen molar-refractivity contribution in [3.8, 4) is 5.75 Å². The van der Waals surface area contributed by atoms with E-state index in [4.69, 9.17) is 0 Å². The van der Waals surface area contributed by atoms with E-state index in [9.17, 15) is 18.9 Å². The molecule has 4 nitrogen and oxygen atoms in total. The molecule has 0 atom stereocenters. The third-order valence-corrected chi connectivity index (χ3v) is 1.77. The molecule has 1 rings (SSSR count). The summed E-state index contributed by atoms with van der Waals surface area (Å²) in [6, 6.07) is 5.58. The molecule has 0 N–H and O–H groups in total. The van der Waals surface area contributed by atoms with Crippen molar-refractivity contribution in [3.05, 3.63) is 45.6 Å². The molecule has 6 heteroatoms. The number of ether oxygens (including phenoxy) is 1. The highest BCUT2D eigenvalue weighted by Crippen LogP contribution is 2.16. The highest BCUT2D eigenvalue weighted by Gasteiger charge is 2.05. The van der Waals surface area contributed by atoms with Crippen molar-refractivity contribution in [2.24, 2.45) is 0 Å². The minimum atomic E-state index is -2.87. The fourth-order valence-electron chi connectivity index (χ4n) is 1.04. The van der Waals surface area contributed by atoms with Crippen LogP contribution in [0.4, 0.5) is 8.78 Å². The van der Waals surface area contributed by atoms with Gasteiger partial charge in [0.25, 0.3) is 0 Å². The first-order valence-corrected chi connectivity index (χ1v) is 4.36. The molecule has 0 radical (unpaired) electrons. The normalized spacial score (nSPS) is 11.6. The first-order valence-electron chi connectivity index (χ1n) is 4.36. The Morgan fingerprint density at radius 2 is 2.00 bits per heavy atom. The van der Waals surface area contributed by atoms with Crippen molar-refractivity contribution in [3.63, 3.8) is 0 Å². The van der Waals surface area contributed by atoms with Crippen LogP contribution in [0.15, 0.2) is 30.0 Å². The highest BCUT2D eigenvalue weighted by atomic mass is 19.3. The maximum atomic E-state index is 11.8. The molecular weight excluding hydrogens is 220 g/mol. The van der Waals surface area contributed by atoms with Crippen molar-refractivity contribution in [2.75, 3.05) is 0 Å². The zero-order valence-corrected chi connectivity index (χ0v) is 8.39. The predicted octanol–water partition coefficient (Wildman–Crippen LogP) is 2.93. The van der Waals surface area contributed by atoms with Crippen LogP contribution in [0.25, 0.3) is 6.08 Å². The standard InChI is InChI=1S/C10H9F2NO3/c1-7(13(14)15)6-8-2-4-9(5-3-8)16-10(11)12/h2-6,10H,1H3. The van der Waals surface area contributed by atoms with Gasteiger partial charge in [-0.25, -0.2) is 0 Å². The van der Waals surface area contributed by atoms with Gasteiger partial charge in [0.05, 0.1) is 4.92 Å². The van der Waals surface area contributed by atoms with Gasteiger partial charge in [0, 0.05) is 13.0 Å². The summed E-state index contributed by atoms with van der Waals surface area (Å²) < 4.78 is 27.8. The quantitative estimate of drug-likeness (QED) is 0.589. The Morgan fingerprint density at radius 3 is 2.44 bits per heavy atom. The maximum Gasteiger partial charge on any atom is 0.387 e. The number of benzene rings is 1. The molecule has 0 heterocycles. The molecule has 0 aliphatic heterocycles. The molecule has 0 saturated heterocycles. The third kappa shape index (κ3) is 3.64. The molecule has 16 heavy (non-hydrogen) atoms. The highest BCUT2D eigenvalue weighted by molar-refractivity contribution is 5.51. The van der Waals surface area contributed by atoms with E-state index in [2.05, 4.69) is 4.74 Å². The molecule has 1 aromatic rings. The first-order chi connectivity index (χ1) is 7.49. The molecule has 1 aromatic carbocycles. The Kier molecular flexibility index (Phi) is 3.93. The van der Waals surface area contributed by atoms with Crippen molar-refractivity contribution >= 4 is 6.08 Å². The average molecular weight is 229 g/mol. The maximum absolute atomic E-state index is 11.8. The second-order valence-corrected chi connectivity index (χ2v) is 2.99. The number of nitrogens with zero attached hydrogens (tertiary/aromatic N) is 1. The van der Waals surface area contributed by atoms with Gasteiger partial charge in [-0.15, -0.1) is 0 Å². The zero-order valence-electron chi connectivity index (χ0n) is 8.39.